The van der Waals surface area contributed by atoms with Gasteiger partial charge < -0.3 is 9.88 Å². The zero-order valence-electron chi connectivity index (χ0n) is 16.3. The monoisotopic (exact) mass is 402 g/mol. The Morgan fingerprint density at radius 3 is 2.52 bits per heavy atom. The van der Waals surface area contributed by atoms with E-state index in [9.17, 15) is 5.26 Å². The Morgan fingerprint density at radius 1 is 1.14 bits per heavy atom. The molecule has 0 radical (unpaired) electrons. The van der Waals surface area contributed by atoms with Gasteiger partial charge in [-0.25, -0.2) is 9.97 Å². The summed E-state index contributed by atoms with van der Waals surface area (Å²) in [5, 5.41) is 10.2. The van der Waals surface area contributed by atoms with Crippen LogP contribution >= 0.6 is 11.6 Å². The molecule has 2 heterocycles. The molecule has 2 aromatic heterocycles. The van der Waals surface area contributed by atoms with E-state index in [1.54, 1.807) is 6.08 Å². The molecule has 0 saturated heterocycles. The van der Waals surface area contributed by atoms with Crippen molar-refractivity contribution in [3.63, 3.8) is 0 Å². The number of nitrogens with zero attached hydrogens (tertiary/aromatic N) is 5. The second-order valence-corrected chi connectivity index (χ2v) is 7.28. The zero-order chi connectivity index (χ0) is 20.5. The smallest absolute Gasteiger partial charge is 0.211 e. The molecule has 0 spiro atoms. The number of imidazole rings is 2. The maximum atomic E-state index is 9.72. The molecule has 0 fully saturated rings. The number of nitrogens with one attached hydrogen (secondary N) is 1. The summed E-state index contributed by atoms with van der Waals surface area (Å²) in [6, 6.07) is 17.9. The molecule has 0 saturated carbocycles. The number of anilines is 1. The predicted molar refractivity (Wildman–Crippen MR) is 117 cm³/mol. The first-order valence-corrected chi connectivity index (χ1v) is 9.45. The topological polar surface area (TPSA) is 73.5 Å². The van der Waals surface area contributed by atoms with E-state index in [-0.39, 0.29) is 0 Å². The third kappa shape index (κ3) is 3.48. The highest BCUT2D eigenvalue weighted by Crippen LogP contribution is 2.30. The molecule has 0 aliphatic rings. The fourth-order valence-electron chi connectivity index (χ4n) is 3.09. The zero-order valence-corrected chi connectivity index (χ0v) is 17.1. The highest BCUT2D eigenvalue weighted by atomic mass is 35.5. The van der Waals surface area contributed by atoms with E-state index in [1.807, 2.05) is 79.0 Å². The predicted octanol–water partition coefficient (Wildman–Crippen LogP) is 4.84. The van der Waals surface area contributed by atoms with E-state index >= 15 is 0 Å². The maximum absolute atomic E-state index is 9.72. The van der Waals surface area contributed by atoms with Crippen LogP contribution in [0, 0.1) is 18.3 Å². The van der Waals surface area contributed by atoms with Gasteiger partial charge in [0.1, 0.15) is 22.7 Å². The van der Waals surface area contributed by atoms with Gasteiger partial charge in [-0.15, -0.1) is 0 Å². The number of para-hydroxylation sites is 2. The maximum Gasteiger partial charge on any atom is 0.211 e. The van der Waals surface area contributed by atoms with Crippen LogP contribution in [0.3, 0.4) is 0 Å². The lowest BCUT2D eigenvalue weighted by Crippen LogP contribution is -2.14. The third-order valence-electron chi connectivity index (χ3n) is 4.57. The molecule has 7 heteroatoms. The van der Waals surface area contributed by atoms with E-state index in [0.717, 1.165) is 22.3 Å². The Bertz CT molecular complexity index is 1220. The lowest BCUT2D eigenvalue weighted by molar-refractivity contribution is 0.954. The Balaban J connectivity index is 1.84. The summed E-state index contributed by atoms with van der Waals surface area (Å²) in [4.78, 5) is 14.2. The fourth-order valence-corrected chi connectivity index (χ4v) is 3.36. The largest absolute Gasteiger partial charge is 0.348 e. The summed E-state index contributed by atoms with van der Waals surface area (Å²) in [5.41, 5.74) is 4.60. The molecule has 2 aromatic carbocycles. The number of fused-ring (bicyclic) bond motifs is 1. The van der Waals surface area contributed by atoms with Gasteiger partial charge in [0.2, 0.25) is 5.95 Å². The molecule has 1 N–H and O–H groups in total. The number of nitriles is 1. The minimum atomic E-state index is 0.363. The summed E-state index contributed by atoms with van der Waals surface area (Å²) < 4.78 is 1.86. The van der Waals surface area contributed by atoms with E-state index in [4.69, 9.17) is 11.6 Å². The Hall–Kier alpha value is -3.56. The minimum Gasteiger partial charge on any atom is -0.348 e. The number of aromatic amines is 1. The van der Waals surface area contributed by atoms with Crippen molar-refractivity contribution in [3.8, 4) is 11.8 Å². The molecule has 0 unspecified atom stereocenters. The van der Waals surface area contributed by atoms with Crippen LogP contribution in [0.2, 0.25) is 5.15 Å². The second-order valence-electron chi connectivity index (χ2n) is 6.93. The Labute approximate surface area is 173 Å². The van der Waals surface area contributed by atoms with Crippen LogP contribution in [0.1, 0.15) is 17.1 Å². The van der Waals surface area contributed by atoms with Crippen molar-refractivity contribution < 1.29 is 0 Å². The van der Waals surface area contributed by atoms with Gasteiger partial charge in [0.15, 0.2) is 0 Å². The van der Waals surface area contributed by atoms with Gasteiger partial charge in [-0.3, -0.25) is 4.57 Å². The first-order chi connectivity index (χ1) is 14.0. The standard InChI is InChI=1S/C22H19ClN6/c1-14-8-10-16(11-9-14)29-20(23)19(27-22(29)28(2)3)12-15(13-24)21-25-17-6-4-5-7-18(17)26-21/h4-12H,1-3H3,(H,25,26)/b15-12+. The average molecular weight is 403 g/mol. The molecular formula is C22H19ClN6. The summed E-state index contributed by atoms with van der Waals surface area (Å²) in [6.45, 7) is 2.03. The van der Waals surface area contributed by atoms with Crippen molar-refractivity contribution in [2.45, 2.75) is 6.92 Å². The SMILES string of the molecule is Cc1ccc(-n2c(N(C)C)nc(/C=C(\C#N)c3nc4ccccc4[nH]3)c2Cl)cc1. The van der Waals surface area contributed by atoms with Gasteiger partial charge in [0, 0.05) is 19.8 Å². The molecule has 29 heavy (non-hydrogen) atoms. The van der Waals surface area contributed by atoms with Crippen LogP contribution in [0.4, 0.5) is 5.95 Å². The van der Waals surface area contributed by atoms with E-state index in [1.165, 1.54) is 0 Å². The van der Waals surface area contributed by atoms with Crippen LogP contribution in [0.25, 0.3) is 28.4 Å². The van der Waals surface area contributed by atoms with Gasteiger partial charge >= 0.3 is 0 Å². The molecule has 144 valence electrons. The number of aryl methyl sites for hydroxylation is 1. The van der Waals surface area contributed by atoms with Crippen molar-refractivity contribution in [3.05, 3.63) is 70.8 Å². The molecule has 0 atom stereocenters. The van der Waals surface area contributed by atoms with Crippen molar-refractivity contribution in [1.82, 2.24) is 19.5 Å². The summed E-state index contributed by atoms with van der Waals surface area (Å²) in [6.07, 6.45) is 1.66. The molecular weight excluding hydrogens is 384 g/mol. The molecule has 6 nitrogen and oxygen atoms in total. The van der Waals surface area contributed by atoms with Gasteiger partial charge in [-0.05, 0) is 37.3 Å². The van der Waals surface area contributed by atoms with Gasteiger partial charge in [0.25, 0.3) is 0 Å². The molecule has 0 aliphatic heterocycles. The van der Waals surface area contributed by atoms with Crippen LogP contribution in [0.15, 0.2) is 48.5 Å². The van der Waals surface area contributed by atoms with Crippen LogP contribution in [0.5, 0.6) is 0 Å². The molecule has 4 rings (SSSR count). The average Bonchev–Trinajstić information content (AvgIpc) is 3.28. The number of halogens is 1. The third-order valence-corrected chi connectivity index (χ3v) is 4.93. The molecule has 0 amide bonds. The Morgan fingerprint density at radius 2 is 1.86 bits per heavy atom. The molecule has 0 aliphatic carbocycles. The van der Waals surface area contributed by atoms with Crippen LogP contribution in [-0.2, 0) is 0 Å². The number of aromatic nitrogens is 4. The lowest BCUT2D eigenvalue weighted by Gasteiger charge is -2.15. The van der Waals surface area contributed by atoms with Gasteiger partial charge in [-0.2, -0.15) is 5.26 Å². The van der Waals surface area contributed by atoms with Crippen LogP contribution < -0.4 is 4.90 Å². The minimum absolute atomic E-state index is 0.363. The number of H-pyrrole nitrogens is 1. The number of allylic oxidation sites excluding steroid dienone is 1. The molecule has 0 bridgehead atoms. The van der Waals surface area contributed by atoms with Crippen molar-refractivity contribution in [1.29, 1.82) is 5.26 Å². The number of hydrogen-bond donors (Lipinski definition) is 1. The van der Waals surface area contributed by atoms with Gasteiger partial charge in [-0.1, -0.05) is 41.4 Å². The van der Waals surface area contributed by atoms with E-state index < -0.39 is 0 Å². The van der Waals surface area contributed by atoms with Crippen molar-refractivity contribution in [2.24, 2.45) is 0 Å². The summed E-state index contributed by atoms with van der Waals surface area (Å²) >= 11 is 6.70. The highest BCUT2D eigenvalue weighted by Gasteiger charge is 2.19. The normalized spacial score (nSPS) is 11.6. The van der Waals surface area contributed by atoms with Crippen molar-refractivity contribution >= 4 is 40.2 Å². The number of benzene rings is 2. The number of rotatable bonds is 4. The van der Waals surface area contributed by atoms with Crippen molar-refractivity contribution in [2.75, 3.05) is 19.0 Å². The second kappa shape index (κ2) is 7.46. The first kappa shape index (κ1) is 18.8. The van der Waals surface area contributed by atoms with Gasteiger partial charge in [0.05, 0.1) is 16.6 Å². The van der Waals surface area contributed by atoms with E-state index in [0.29, 0.717) is 28.2 Å². The Kier molecular flexibility index (Phi) is 4.83. The fraction of sp³-hybridized carbons (Fsp3) is 0.136. The molecule has 4 aromatic rings. The summed E-state index contributed by atoms with van der Waals surface area (Å²) in [5.74, 6) is 1.16. The van der Waals surface area contributed by atoms with E-state index in [2.05, 4.69) is 21.0 Å². The number of hydrogen-bond acceptors (Lipinski definition) is 4. The lowest BCUT2D eigenvalue weighted by atomic mass is 10.2. The first-order valence-electron chi connectivity index (χ1n) is 9.07. The quantitative estimate of drug-likeness (QED) is 0.495. The van der Waals surface area contributed by atoms with Crippen LogP contribution in [-0.4, -0.2) is 33.6 Å². The highest BCUT2D eigenvalue weighted by molar-refractivity contribution is 6.31. The summed E-state index contributed by atoms with van der Waals surface area (Å²) in [7, 11) is 3.81.